The second-order valence-corrected chi connectivity index (χ2v) is 10.2. The number of carbonyl (C=O) groups is 3. The van der Waals surface area contributed by atoms with Gasteiger partial charge in [0.25, 0.3) is 5.09 Å². The van der Waals surface area contributed by atoms with Crippen LogP contribution in [-0.4, -0.2) is 81.1 Å². The Morgan fingerprint density at radius 2 is 1.80 bits per heavy atom. The largest absolute Gasteiger partial charge is 0.493 e. The molecule has 2 aromatic carbocycles. The lowest BCUT2D eigenvalue weighted by Crippen LogP contribution is -2.40. The summed E-state index contributed by atoms with van der Waals surface area (Å²) in [5.74, 6) is -1.15. The van der Waals surface area contributed by atoms with Crippen molar-refractivity contribution >= 4 is 24.0 Å². The quantitative estimate of drug-likeness (QED) is 0.0568. The molecule has 0 N–H and O–H groups in total. The minimum atomic E-state index is -0.869. The molecule has 13 heteroatoms. The van der Waals surface area contributed by atoms with Gasteiger partial charge in [-0.3, -0.25) is 9.69 Å². The standard InChI is InChI=1S/C32H40N2O11/c1-3-4-11-27(44-31(36)23-33-16-20-41-21-17-33)25-9-5-6-10-26(25)32(37)45-28-14-12-24(22-29(28)40-2)13-15-30(35)42-18-7-8-19-43-34(38)39/h5-6,9-10,12-15,22,27H,3-4,7-8,11,16-21,23H2,1-2H3/b15-13+/t27-/m0/s1. The third-order valence-electron chi connectivity index (χ3n) is 6.86. The van der Waals surface area contributed by atoms with Crippen molar-refractivity contribution < 1.29 is 48.0 Å². The van der Waals surface area contributed by atoms with Crippen molar-refractivity contribution in [3.8, 4) is 11.5 Å². The lowest BCUT2D eigenvalue weighted by Gasteiger charge is -2.27. The summed E-state index contributed by atoms with van der Waals surface area (Å²) in [5, 5.41) is 9.27. The Kier molecular flexibility index (Phi) is 14.8. The van der Waals surface area contributed by atoms with E-state index in [1.54, 1.807) is 42.5 Å². The summed E-state index contributed by atoms with van der Waals surface area (Å²) >= 11 is 0. The van der Waals surface area contributed by atoms with Gasteiger partial charge in [-0.25, -0.2) is 9.59 Å². The molecular weight excluding hydrogens is 588 g/mol. The highest BCUT2D eigenvalue weighted by molar-refractivity contribution is 5.93. The van der Waals surface area contributed by atoms with Crippen LogP contribution >= 0.6 is 0 Å². The Labute approximate surface area is 262 Å². The van der Waals surface area contributed by atoms with Gasteiger partial charge in [-0.15, -0.1) is 10.1 Å². The van der Waals surface area contributed by atoms with E-state index >= 15 is 0 Å². The van der Waals surface area contributed by atoms with E-state index in [4.69, 9.17) is 23.7 Å². The number of unbranched alkanes of at least 4 members (excludes halogenated alkanes) is 2. The van der Waals surface area contributed by atoms with Crippen molar-refractivity contribution in [3.05, 3.63) is 75.3 Å². The Hall–Kier alpha value is -4.49. The Balaban J connectivity index is 1.64. The van der Waals surface area contributed by atoms with E-state index in [0.29, 0.717) is 56.7 Å². The first kappa shape index (κ1) is 35.0. The third-order valence-corrected chi connectivity index (χ3v) is 6.86. The van der Waals surface area contributed by atoms with Gasteiger partial charge in [0.2, 0.25) is 0 Å². The lowest BCUT2D eigenvalue weighted by atomic mass is 9.98. The van der Waals surface area contributed by atoms with E-state index in [9.17, 15) is 24.5 Å². The minimum absolute atomic E-state index is 0.0645. The smallest absolute Gasteiger partial charge is 0.344 e. The predicted octanol–water partition coefficient (Wildman–Crippen LogP) is 4.57. The topological polar surface area (TPSA) is 153 Å². The van der Waals surface area contributed by atoms with E-state index in [0.717, 1.165) is 12.8 Å². The van der Waals surface area contributed by atoms with Crippen LogP contribution < -0.4 is 9.47 Å². The Morgan fingerprint density at radius 1 is 1.04 bits per heavy atom. The second kappa shape index (κ2) is 19.0. The predicted molar refractivity (Wildman–Crippen MR) is 162 cm³/mol. The van der Waals surface area contributed by atoms with Gasteiger partial charge in [0.1, 0.15) is 6.10 Å². The van der Waals surface area contributed by atoms with Crippen molar-refractivity contribution in [2.45, 2.75) is 45.1 Å². The molecular formula is C32H40N2O11. The molecule has 0 bridgehead atoms. The molecule has 1 saturated heterocycles. The minimum Gasteiger partial charge on any atom is -0.493 e. The monoisotopic (exact) mass is 628 g/mol. The summed E-state index contributed by atoms with van der Waals surface area (Å²) in [7, 11) is 1.43. The van der Waals surface area contributed by atoms with Crippen molar-refractivity contribution in [1.82, 2.24) is 4.90 Å². The first-order valence-electron chi connectivity index (χ1n) is 14.9. The number of esters is 3. The highest BCUT2D eigenvalue weighted by atomic mass is 16.9. The van der Waals surface area contributed by atoms with Crippen molar-refractivity contribution in [2.24, 2.45) is 0 Å². The summed E-state index contributed by atoms with van der Waals surface area (Å²) in [6.07, 6.45) is 5.17. The van der Waals surface area contributed by atoms with Crippen LogP contribution in [0, 0.1) is 10.1 Å². The molecule has 1 aliphatic heterocycles. The molecule has 0 radical (unpaired) electrons. The maximum atomic E-state index is 13.4. The van der Waals surface area contributed by atoms with Crippen LogP contribution in [0.25, 0.3) is 6.08 Å². The molecule has 2 aromatic rings. The molecule has 0 unspecified atom stereocenters. The van der Waals surface area contributed by atoms with E-state index in [2.05, 4.69) is 4.84 Å². The van der Waals surface area contributed by atoms with E-state index in [1.165, 1.54) is 19.3 Å². The van der Waals surface area contributed by atoms with Crippen molar-refractivity contribution in [3.63, 3.8) is 0 Å². The number of hydrogen-bond acceptors (Lipinski definition) is 12. The Morgan fingerprint density at radius 3 is 2.53 bits per heavy atom. The normalized spacial score (nSPS) is 14.0. The van der Waals surface area contributed by atoms with Gasteiger partial charge in [-0.1, -0.05) is 37.6 Å². The number of nitrogens with zero attached hydrogens (tertiary/aromatic N) is 2. The van der Waals surface area contributed by atoms with Crippen LogP contribution in [0.1, 0.15) is 66.6 Å². The molecule has 45 heavy (non-hydrogen) atoms. The highest BCUT2D eigenvalue weighted by Gasteiger charge is 2.25. The van der Waals surface area contributed by atoms with Gasteiger partial charge in [-0.05, 0) is 55.5 Å². The van der Waals surface area contributed by atoms with Crippen LogP contribution in [0.3, 0.4) is 0 Å². The van der Waals surface area contributed by atoms with Gasteiger partial charge in [0.15, 0.2) is 11.5 Å². The number of morpholine rings is 1. The Bertz CT molecular complexity index is 1310. The molecule has 0 aliphatic carbocycles. The van der Waals surface area contributed by atoms with Crippen LogP contribution in [0.4, 0.5) is 0 Å². The molecule has 0 amide bonds. The second-order valence-electron chi connectivity index (χ2n) is 10.2. The summed E-state index contributed by atoms with van der Waals surface area (Å²) in [4.78, 5) is 54.6. The SMILES string of the molecule is CCCC[C@H](OC(=O)CN1CCOCC1)c1ccccc1C(=O)Oc1ccc(/C=C/C(=O)OCCCCO[N+](=O)[O-])cc1OC. The van der Waals surface area contributed by atoms with Crippen LogP contribution in [0.5, 0.6) is 11.5 Å². The summed E-state index contributed by atoms with van der Waals surface area (Å²) < 4.78 is 27.5. The molecule has 0 aromatic heterocycles. The fraction of sp³-hybridized carbons (Fsp3) is 0.469. The molecule has 0 saturated carbocycles. The van der Waals surface area contributed by atoms with Crippen LogP contribution in [0.15, 0.2) is 48.5 Å². The average molecular weight is 629 g/mol. The van der Waals surface area contributed by atoms with Crippen LogP contribution in [-0.2, 0) is 28.6 Å². The first-order valence-corrected chi connectivity index (χ1v) is 14.9. The maximum Gasteiger partial charge on any atom is 0.344 e. The van der Waals surface area contributed by atoms with Crippen LogP contribution in [0.2, 0.25) is 0 Å². The average Bonchev–Trinajstić information content (AvgIpc) is 3.04. The number of methoxy groups -OCH3 is 1. The highest BCUT2D eigenvalue weighted by Crippen LogP contribution is 2.32. The van der Waals surface area contributed by atoms with E-state index in [-0.39, 0.29) is 42.8 Å². The fourth-order valence-corrected chi connectivity index (χ4v) is 4.52. The zero-order valence-electron chi connectivity index (χ0n) is 25.6. The van der Waals surface area contributed by atoms with E-state index in [1.807, 2.05) is 11.8 Å². The van der Waals surface area contributed by atoms with Gasteiger partial charge in [0.05, 0.1) is 45.6 Å². The molecule has 13 nitrogen and oxygen atoms in total. The number of carbonyl (C=O) groups excluding carboxylic acids is 3. The molecule has 1 fully saturated rings. The zero-order valence-corrected chi connectivity index (χ0v) is 25.6. The molecule has 1 heterocycles. The molecule has 1 aliphatic rings. The van der Waals surface area contributed by atoms with E-state index < -0.39 is 23.1 Å². The number of ether oxygens (including phenoxy) is 5. The van der Waals surface area contributed by atoms with Gasteiger partial charge < -0.3 is 28.5 Å². The zero-order chi connectivity index (χ0) is 32.4. The fourth-order valence-electron chi connectivity index (χ4n) is 4.52. The van der Waals surface area contributed by atoms with Crippen molar-refractivity contribution in [1.29, 1.82) is 0 Å². The summed E-state index contributed by atoms with van der Waals surface area (Å²) in [6.45, 7) is 4.68. The summed E-state index contributed by atoms with van der Waals surface area (Å²) in [6, 6.07) is 11.7. The number of hydrogen-bond donors (Lipinski definition) is 0. The van der Waals surface area contributed by atoms with Gasteiger partial charge >= 0.3 is 17.9 Å². The molecule has 3 rings (SSSR count). The number of rotatable bonds is 18. The van der Waals surface area contributed by atoms with Gasteiger partial charge in [0, 0.05) is 24.7 Å². The first-order chi connectivity index (χ1) is 21.8. The molecule has 1 atom stereocenters. The lowest BCUT2D eigenvalue weighted by molar-refractivity contribution is -0.757. The summed E-state index contributed by atoms with van der Waals surface area (Å²) in [5.41, 5.74) is 1.43. The van der Waals surface area contributed by atoms with Crippen molar-refractivity contribution in [2.75, 3.05) is 53.2 Å². The van der Waals surface area contributed by atoms with Gasteiger partial charge in [-0.2, -0.15) is 0 Å². The number of benzene rings is 2. The molecule has 244 valence electrons. The maximum absolute atomic E-state index is 13.4. The third kappa shape index (κ3) is 12.2. The molecule has 0 spiro atoms.